The number of nitrogens with zero attached hydrogens (tertiary/aromatic N) is 2. The van der Waals surface area contributed by atoms with Crippen molar-refractivity contribution in [1.82, 2.24) is 9.55 Å². The molecule has 1 aromatic heterocycles. The van der Waals surface area contributed by atoms with Crippen molar-refractivity contribution in [2.24, 2.45) is 5.92 Å². The minimum absolute atomic E-state index is 0.0344. The fourth-order valence-corrected chi connectivity index (χ4v) is 2.22. The van der Waals surface area contributed by atoms with Gasteiger partial charge in [-0.05, 0) is 19.3 Å². The largest absolute Gasteiger partial charge is 0.391 e. The van der Waals surface area contributed by atoms with Crippen molar-refractivity contribution in [3.05, 3.63) is 18.7 Å². The minimum atomic E-state index is -4.04. The van der Waals surface area contributed by atoms with Crippen molar-refractivity contribution in [2.75, 3.05) is 0 Å². The van der Waals surface area contributed by atoms with E-state index in [1.54, 1.807) is 23.3 Å². The summed E-state index contributed by atoms with van der Waals surface area (Å²) in [4.78, 5) is 3.87. The van der Waals surface area contributed by atoms with Gasteiger partial charge in [-0.25, -0.2) is 4.98 Å². The molecule has 1 aliphatic carbocycles. The summed E-state index contributed by atoms with van der Waals surface area (Å²) >= 11 is 0. The van der Waals surface area contributed by atoms with E-state index >= 15 is 0 Å². The molecule has 0 aliphatic heterocycles. The Balaban J connectivity index is 2.05. The second-order valence-corrected chi connectivity index (χ2v) is 4.07. The van der Waals surface area contributed by atoms with Gasteiger partial charge >= 0.3 is 6.18 Å². The smallest absolute Gasteiger partial charge is 0.334 e. The van der Waals surface area contributed by atoms with E-state index in [9.17, 15) is 13.2 Å². The molecule has 0 amide bonds. The molecule has 1 aromatic rings. The highest BCUT2D eigenvalue weighted by atomic mass is 19.4. The van der Waals surface area contributed by atoms with E-state index in [4.69, 9.17) is 0 Å². The molecule has 1 aliphatic rings. The quantitative estimate of drug-likeness (QED) is 0.707. The number of hydrogen-bond acceptors (Lipinski definition) is 1. The normalized spacial score (nSPS) is 27.9. The van der Waals surface area contributed by atoms with Gasteiger partial charge in [-0.15, -0.1) is 0 Å². The van der Waals surface area contributed by atoms with E-state index in [-0.39, 0.29) is 18.9 Å². The highest BCUT2D eigenvalue weighted by Gasteiger charge is 2.42. The molecule has 84 valence electrons. The molecule has 0 spiro atoms. The van der Waals surface area contributed by atoms with E-state index in [1.807, 2.05) is 0 Å². The second kappa shape index (κ2) is 3.87. The number of alkyl halides is 3. The first-order valence-corrected chi connectivity index (χ1v) is 5.11. The lowest BCUT2D eigenvalue weighted by Gasteiger charge is -2.31. The zero-order valence-corrected chi connectivity index (χ0v) is 8.24. The SMILES string of the molecule is FC(F)(F)[C@H]1CCCC(n2ccnc2)C1. The first-order chi connectivity index (χ1) is 7.07. The molecule has 2 nitrogen and oxygen atoms in total. The molecule has 15 heavy (non-hydrogen) atoms. The lowest BCUT2D eigenvalue weighted by atomic mass is 9.85. The van der Waals surface area contributed by atoms with E-state index in [1.165, 1.54) is 0 Å². The summed E-state index contributed by atoms with van der Waals surface area (Å²) in [6, 6.07) is -0.0344. The number of rotatable bonds is 1. The Morgan fingerprint density at radius 1 is 1.27 bits per heavy atom. The monoisotopic (exact) mass is 218 g/mol. The molecule has 0 saturated heterocycles. The zero-order valence-electron chi connectivity index (χ0n) is 8.24. The van der Waals surface area contributed by atoms with Crippen LogP contribution in [0.2, 0.25) is 0 Å². The van der Waals surface area contributed by atoms with Gasteiger partial charge in [-0.2, -0.15) is 13.2 Å². The first kappa shape index (κ1) is 10.5. The van der Waals surface area contributed by atoms with Crippen LogP contribution in [-0.4, -0.2) is 15.7 Å². The topological polar surface area (TPSA) is 17.8 Å². The Hall–Kier alpha value is -1.00. The fraction of sp³-hybridized carbons (Fsp3) is 0.700. The summed E-state index contributed by atoms with van der Waals surface area (Å²) in [5.41, 5.74) is 0. The first-order valence-electron chi connectivity index (χ1n) is 5.11. The van der Waals surface area contributed by atoms with Crippen LogP contribution in [-0.2, 0) is 0 Å². The van der Waals surface area contributed by atoms with Crippen molar-refractivity contribution in [2.45, 2.75) is 37.9 Å². The molecule has 2 rings (SSSR count). The van der Waals surface area contributed by atoms with Crippen LogP contribution >= 0.6 is 0 Å². The van der Waals surface area contributed by atoms with Crippen LogP contribution in [0.4, 0.5) is 13.2 Å². The summed E-state index contributed by atoms with van der Waals surface area (Å²) in [5, 5.41) is 0. The third-order valence-electron chi connectivity index (χ3n) is 3.06. The molecule has 2 atom stereocenters. The molecular formula is C10H13F3N2. The van der Waals surface area contributed by atoms with E-state index in [2.05, 4.69) is 4.98 Å². The molecule has 1 heterocycles. The molecule has 1 fully saturated rings. The summed E-state index contributed by atoms with van der Waals surface area (Å²) in [6.07, 6.45) is 2.84. The fourth-order valence-electron chi connectivity index (χ4n) is 2.22. The van der Waals surface area contributed by atoms with Gasteiger partial charge < -0.3 is 4.57 Å². The predicted molar refractivity (Wildman–Crippen MR) is 49.3 cm³/mol. The second-order valence-electron chi connectivity index (χ2n) is 4.07. The Kier molecular flexibility index (Phi) is 2.71. The molecule has 1 unspecified atom stereocenters. The molecule has 0 radical (unpaired) electrons. The number of halogens is 3. The van der Waals surface area contributed by atoms with E-state index in [0.717, 1.165) is 6.42 Å². The van der Waals surface area contributed by atoms with Crippen molar-refractivity contribution in [3.8, 4) is 0 Å². The zero-order chi connectivity index (χ0) is 10.9. The molecular weight excluding hydrogens is 205 g/mol. The Labute approximate surface area is 86.1 Å². The van der Waals surface area contributed by atoms with Crippen LogP contribution in [0.3, 0.4) is 0 Å². The lowest BCUT2D eigenvalue weighted by molar-refractivity contribution is -0.185. The Morgan fingerprint density at radius 3 is 2.67 bits per heavy atom. The predicted octanol–water partition coefficient (Wildman–Crippen LogP) is 3.18. The maximum Gasteiger partial charge on any atom is 0.391 e. The van der Waals surface area contributed by atoms with Gasteiger partial charge in [0.2, 0.25) is 0 Å². The van der Waals surface area contributed by atoms with Crippen LogP contribution < -0.4 is 0 Å². The molecule has 1 saturated carbocycles. The summed E-state index contributed by atoms with van der Waals surface area (Å²) in [6.45, 7) is 0. The van der Waals surface area contributed by atoms with Gasteiger partial charge in [0.1, 0.15) is 0 Å². The van der Waals surface area contributed by atoms with Crippen LogP contribution in [0.15, 0.2) is 18.7 Å². The molecule has 0 aromatic carbocycles. The lowest BCUT2D eigenvalue weighted by Crippen LogP contribution is -2.29. The summed E-state index contributed by atoms with van der Waals surface area (Å²) in [7, 11) is 0. The van der Waals surface area contributed by atoms with Crippen molar-refractivity contribution in [1.29, 1.82) is 0 Å². The van der Waals surface area contributed by atoms with Gasteiger partial charge in [-0.3, -0.25) is 0 Å². The number of imidazole rings is 1. The van der Waals surface area contributed by atoms with Crippen molar-refractivity contribution >= 4 is 0 Å². The van der Waals surface area contributed by atoms with Crippen LogP contribution in [0.5, 0.6) is 0 Å². The third kappa shape index (κ3) is 2.33. The third-order valence-corrected chi connectivity index (χ3v) is 3.06. The Bertz CT molecular complexity index is 305. The van der Waals surface area contributed by atoms with Crippen molar-refractivity contribution in [3.63, 3.8) is 0 Å². The summed E-state index contributed by atoms with van der Waals surface area (Å²) in [5.74, 6) is -1.14. The highest BCUT2D eigenvalue weighted by molar-refractivity contribution is 4.86. The maximum atomic E-state index is 12.5. The average Bonchev–Trinajstić information content (AvgIpc) is 2.69. The van der Waals surface area contributed by atoms with E-state index in [0.29, 0.717) is 6.42 Å². The molecule has 0 N–H and O–H groups in total. The highest BCUT2D eigenvalue weighted by Crippen LogP contribution is 2.41. The average molecular weight is 218 g/mol. The van der Waals surface area contributed by atoms with Crippen molar-refractivity contribution < 1.29 is 13.2 Å². The Morgan fingerprint density at radius 2 is 2.07 bits per heavy atom. The minimum Gasteiger partial charge on any atom is -0.334 e. The maximum absolute atomic E-state index is 12.5. The van der Waals surface area contributed by atoms with Gasteiger partial charge in [0.25, 0.3) is 0 Å². The van der Waals surface area contributed by atoms with E-state index < -0.39 is 12.1 Å². The van der Waals surface area contributed by atoms with Crippen LogP contribution in [0.1, 0.15) is 31.7 Å². The number of aromatic nitrogens is 2. The van der Waals surface area contributed by atoms with Crippen LogP contribution in [0, 0.1) is 5.92 Å². The van der Waals surface area contributed by atoms with Gasteiger partial charge in [0.05, 0.1) is 12.2 Å². The molecule has 5 heteroatoms. The van der Waals surface area contributed by atoms with Gasteiger partial charge in [-0.1, -0.05) is 6.42 Å². The summed E-state index contributed by atoms with van der Waals surface area (Å²) < 4.78 is 39.4. The van der Waals surface area contributed by atoms with Gasteiger partial charge in [0.15, 0.2) is 0 Å². The van der Waals surface area contributed by atoms with Crippen LogP contribution in [0.25, 0.3) is 0 Å². The van der Waals surface area contributed by atoms with Gasteiger partial charge in [0, 0.05) is 18.4 Å². The number of hydrogen-bond donors (Lipinski definition) is 0. The molecule has 0 bridgehead atoms. The standard InChI is InChI=1S/C10H13F3N2/c11-10(12,13)8-2-1-3-9(6-8)15-5-4-14-7-15/h4-5,7-9H,1-3,6H2/t8-,9?/m0/s1.